The van der Waals surface area contributed by atoms with E-state index >= 15 is 0 Å². The minimum absolute atomic E-state index is 0.0435. The lowest BCUT2D eigenvalue weighted by atomic mass is 10.0. The first-order chi connectivity index (χ1) is 9.58. The lowest BCUT2D eigenvalue weighted by Crippen LogP contribution is -2.48. The van der Waals surface area contributed by atoms with E-state index in [0.29, 0.717) is 37.8 Å². The first-order valence-corrected chi connectivity index (χ1v) is 6.95. The van der Waals surface area contributed by atoms with Crippen molar-refractivity contribution in [3.8, 4) is 0 Å². The molecule has 0 aliphatic carbocycles. The van der Waals surface area contributed by atoms with Gasteiger partial charge >= 0.3 is 0 Å². The van der Waals surface area contributed by atoms with Crippen LogP contribution in [0.1, 0.15) is 12.1 Å². The summed E-state index contributed by atoms with van der Waals surface area (Å²) in [6.07, 6.45) is -0.423. The zero-order valence-electron chi connectivity index (χ0n) is 11.6. The van der Waals surface area contributed by atoms with Crippen LogP contribution in [0.25, 0.3) is 0 Å². The highest BCUT2D eigenvalue weighted by molar-refractivity contribution is 6.29. The highest BCUT2D eigenvalue weighted by Gasteiger charge is 2.27. The summed E-state index contributed by atoms with van der Waals surface area (Å²) in [6, 6.07) is -0.0435. The number of ether oxygens (including phenoxy) is 1. The maximum absolute atomic E-state index is 13.8. The van der Waals surface area contributed by atoms with E-state index in [2.05, 4.69) is 20.5 Å². The molecule has 20 heavy (non-hydrogen) atoms. The molecule has 0 radical (unpaired) electrons. The molecule has 1 aromatic heterocycles. The van der Waals surface area contributed by atoms with Crippen LogP contribution in [0.3, 0.4) is 0 Å². The van der Waals surface area contributed by atoms with E-state index in [0.717, 1.165) is 6.54 Å². The number of nitrogens with one attached hydrogen (secondary N) is 1. The molecule has 2 rings (SSSR count). The number of aryl methyl sites for hydroxylation is 1. The van der Waals surface area contributed by atoms with E-state index < -0.39 is 6.17 Å². The van der Waals surface area contributed by atoms with E-state index in [1.807, 2.05) is 4.90 Å². The molecule has 6 nitrogen and oxygen atoms in total. The average molecular weight is 304 g/mol. The number of likely N-dealkylation sites (tertiary alicyclic amines) is 1. The van der Waals surface area contributed by atoms with Gasteiger partial charge in [0, 0.05) is 39.2 Å². The molecule has 0 spiro atoms. The van der Waals surface area contributed by atoms with E-state index in [-0.39, 0.29) is 11.2 Å². The van der Waals surface area contributed by atoms with Crippen LogP contribution in [0.5, 0.6) is 0 Å². The van der Waals surface area contributed by atoms with Crippen molar-refractivity contribution < 1.29 is 9.13 Å². The SMILES string of the molecule is COCCN1C[C@H](F)C[C@@H](Nc2nnc(Cl)c(C)n2)C1. The number of rotatable bonds is 5. The fraction of sp³-hybridized carbons (Fsp3) is 0.750. The Bertz CT molecular complexity index is 450. The van der Waals surface area contributed by atoms with Gasteiger partial charge in [-0.05, 0) is 6.92 Å². The normalized spacial score (nSPS) is 23.8. The van der Waals surface area contributed by atoms with E-state index in [9.17, 15) is 4.39 Å². The van der Waals surface area contributed by atoms with Gasteiger partial charge in [-0.1, -0.05) is 11.6 Å². The van der Waals surface area contributed by atoms with E-state index in [1.54, 1.807) is 14.0 Å². The van der Waals surface area contributed by atoms with Crippen molar-refractivity contribution in [3.63, 3.8) is 0 Å². The molecule has 1 N–H and O–H groups in total. The summed E-state index contributed by atoms with van der Waals surface area (Å²) in [5.41, 5.74) is 0.605. The van der Waals surface area contributed by atoms with Crippen LogP contribution in [-0.4, -0.2) is 65.6 Å². The van der Waals surface area contributed by atoms with Gasteiger partial charge in [0.15, 0.2) is 5.15 Å². The molecule has 1 aliphatic heterocycles. The van der Waals surface area contributed by atoms with Gasteiger partial charge in [-0.3, -0.25) is 4.90 Å². The number of nitrogens with zero attached hydrogens (tertiary/aromatic N) is 4. The number of piperidine rings is 1. The molecule has 2 heterocycles. The lowest BCUT2D eigenvalue weighted by molar-refractivity contribution is 0.0930. The molecule has 1 saturated heterocycles. The number of halogens is 2. The number of methoxy groups -OCH3 is 1. The van der Waals surface area contributed by atoms with Crippen LogP contribution in [0.15, 0.2) is 0 Å². The molecule has 1 aliphatic rings. The average Bonchev–Trinajstić information content (AvgIpc) is 2.40. The second-order valence-corrected chi connectivity index (χ2v) is 5.30. The first-order valence-electron chi connectivity index (χ1n) is 6.57. The largest absolute Gasteiger partial charge is 0.383 e. The van der Waals surface area contributed by atoms with E-state index in [4.69, 9.17) is 16.3 Å². The standard InChI is InChI=1S/C12H19ClFN5O/c1-8-11(13)17-18-12(15-8)16-10-5-9(14)6-19(7-10)3-4-20-2/h9-10H,3-7H2,1-2H3,(H,15,16,18)/t9-,10-/m1/s1. The topological polar surface area (TPSA) is 63.2 Å². The molecule has 0 aromatic carbocycles. The van der Waals surface area contributed by atoms with Crippen LogP contribution in [-0.2, 0) is 4.74 Å². The second-order valence-electron chi connectivity index (χ2n) is 4.94. The summed E-state index contributed by atoms with van der Waals surface area (Å²) in [5, 5.41) is 11.1. The molecule has 1 aromatic rings. The van der Waals surface area contributed by atoms with Gasteiger partial charge in [0.25, 0.3) is 0 Å². The van der Waals surface area contributed by atoms with Crippen LogP contribution in [0, 0.1) is 6.92 Å². The predicted molar refractivity (Wildman–Crippen MR) is 74.8 cm³/mol. The van der Waals surface area contributed by atoms with Crippen molar-refractivity contribution in [3.05, 3.63) is 10.8 Å². The summed E-state index contributed by atoms with van der Waals surface area (Å²) < 4.78 is 18.8. The van der Waals surface area contributed by atoms with Crippen molar-refractivity contribution in [2.24, 2.45) is 0 Å². The minimum Gasteiger partial charge on any atom is -0.383 e. The van der Waals surface area contributed by atoms with Gasteiger partial charge in [-0.25, -0.2) is 9.37 Å². The highest BCUT2D eigenvalue weighted by atomic mass is 35.5. The predicted octanol–water partition coefficient (Wildman–Crippen LogP) is 1.30. The fourth-order valence-corrected chi connectivity index (χ4v) is 2.35. The van der Waals surface area contributed by atoms with Gasteiger partial charge in [-0.15, -0.1) is 10.2 Å². The monoisotopic (exact) mass is 303 g/mol. The summed E-state index contributed by atoms with van der Waals surface area (Å²) in [5.74, 6) is 0.387. The number of hydrogen-bond donors (Lipinski definition) is 1. The maximum Gasteiger partial charge on any atom is 0.243 e. The quantitative estimate of drug-likeness (QED) is 0.885. The fourth-order valence-electron chi connectivity index (χ4n) is 2.27. The van der Waals surface area contributed by atoms with Gasteiger partial charge in [-0.2, -0.15) is 0 Å². The Morgan fingerprint density at radius 3 is 2.95 bits per heavy atom. The zero-order valence-corrected chi connectivity index (χ0v) is 12.4. The van der Waals surface area contributed by atoms with Gasteiger partial charge in [0.1, 0.15) is 6.17 Å². The smallest absolute Gasteiger partial charge is 0.243 e. The summed E-state index contributed by atoms with van der Waals surface area (Å²) >= 11 is 5.78. The second kappa shape index (κ2) is 7.10. The lowest BCUT2D eigenvalue weighted by Gasteiger charge is -2.34. The molecule has 8 heteroatoms. The van der Waals surface area contributed by atoms with Crippen molar-refractivity contribution in [2.75, 3.05) is 38.7 Å². The Morgan fingerprint density at radius 2 is 2.25 bits per heavy atom. The molecule has 0 bridgehead atoms. The van der Waals surface area contributed by atoms with Crippen LogP contribution in [0.2, 0.25) is 5.15 Å². The summed E-state index contributed by atoms with van der Waals surface area (Å²) in [6.45, 7) is 4.24. The number of anilines is 1. The molecule has 0 saturated carbocycles. The number of hydrogen-bond acceptors (Lipinski definition) is 6. The first kappa shape index (κ1) is 15.3. The van der Waals surface area contributed by atoms with E-state index in [1.165, 1.54) is 0 Å². The Kier molecular flexibility index (Phi) is 5.45. The Morgan fingerprint density at radius 1 is 1.45 bits per heavy atom. The minimum atomic E-state index is -0.862. The third kappa shape index (κ3) is 4.22. The third-order valence-electron chi connectivity index (χ3n) is 3.22. The third-order valence-corrected chi connectivity index (χ3v) is 3.57. The Balaban J connectivity index is 1.95. The van der Waals surface area contributed by atoms with Crippen LogP contribution >= 0.6 is 11.6 Å². The van der Waals surface area contributed by atoms with Crippen molar-refractivity contribution >= 4 is 17.5 Å². The molecule has 1 fully saturated rings. The van der Waals surface area contributed by atoms with Gasteiger partial charge in [0.05, 0.1) is 12.3 Å². The van der Waals surface area contributed by atoms with Crippen LogP contribution in [0.4, 0.5) is 10.3 Å². The highest BCUT2D eigenvalue weighted by Crippen LogP contribution is 2.17. The number of alkyl halides is 1. The van der Waals surface area contributed by atoms with Crippen molar-refractivity contribution in [1.29, 1.82) is 0 Å². The molecular weight excluding hydrogens is 285 g/mol. The molecule has 112 valence electrons. The van der Waals surface area contributed by atoms with Crippen molar-refractivity contribution in [1.82, 2.24) is 20.1 Å². The number of aromatic nitrogens is 3. The maximum atomic E-state index is 13.8. The molecule has 0 amide bonds. The van der Waals surface area contributed by atoms with Crippen molar-refractivity contribution in [2.45, 2.75) is 25.6 Å². The zero-order chi connectivity index (χ0) is 14.5. The van der Waals surface area contributed by atoms with Gasteiger partial charge < -0.3 is 10.1 Å². The Labute approximate surface area is 122 Å². The summed E-state index contributed by atoms with van der Waals surface area (Å²) in [4.78, 5) is 6.23. The Hall–Kier alpha value is -1.05. The molecular formula is C12H19ClFN5O. The van der Waals surface area contributed by atoms with Crippen LogP contribution < -0.4 is 5.32 Å². The molecule has 0 unspecified atom stereocenters. The summed E-state index contributed by atoms with van der Waals surface area (Å²) in [7, 11) is 1.64. The molecule has 2 atom stereocenters. The van der Waals surface area contributed by atoms with Gasteiger partial charge in [0.2, 0.25) is 5.95 Å².